The molecule has 1 aliphatic heterocycles. The van der Waals surface area contributed by atoms with Gasteiger partial charge in [-0.3, -0.25) is 0 Å². The van der Waals surface area contributed by atoms with Crippen LogP contribution in [0.1, 0.15) is 33.1 Å². The van der Waals surface area contributed by atoms with Gasteiger partial charge in [0, 0.05) is 49.4 Å². The number of halogens is 1. The van der Waals surface area contributed by atoms with Gasteiger partial charge in [0.1, 0.15) is 11.9 Å². The molecular formula is C19H27BrN2O2. The Hall–Kier alpha value is -1.04. The molecule has 3 rings (SSSR count). The zero-order chi connectivity index (χ0) is 17.1. The number of benzene rings is 1. The van der Waals surface area contributed by atoms with Crippen molar-refractivity contribution >= 4 is 26.8 Å². The SMILES string of the molecule is CC(C)N1CCC(Oc2cc3ccn(CCCO)c3cc2Br)CC1. The van der Waals surface area contributed by atoms with E-state index in [1.165, 1.54) is 10.9 Å². The third-order valence-electron chi connectivity index (χ3n) is 4.88. The molecule has 0 atom stereocenters. The van der Waals surface area contributed by atoms with E-state index in [0.29, 0.717) is 12.1 Å². The second-order valence-corrected chi connectivity index (χ2v) is 7.73. The lowest BCUT2D eigenvalue weighted by molar-refractivity contribution is 0.0839. The first-order valence-corrected chi connectivity index (χ1v) is 9.67. The molecule has 2 heterocycles. The zero-order valence-corrected chi connectivity index (χ0v) is 16.1. The molecule has 0 unspecified atom stereocenters. The molecule has 4 nitrogen and oxygen atoms in total. The van der Waals surface area contributed by atoms with Gasteiger partial charge in [-0.15, -0.1) is 0 Å². The number of likely N-dealkylation sites (tertiary alicyclic amines) is 1. The molecule has 1 saturated heterocycles. The molecule has 132 valence electrons. The highest BCUT2D eigenvalue weighted by atomic mass is 79.9. The Kier molecular flexibility index (Phi) is 5.85. The summed E-state index contributed by atoms with van der Waals surface area (Å²) in [6.07, 6.45) is 5.32. The number of aryl methyl sites for hydroxylation is 1. The number of aromatic nitrogens is 1. The van der Waals surface area contributed by atoms with Crippen LogP contribution >= 0.6 is 15.9 Å². The van der Waals surface area contributed by atoms with E-state index < -0.39 is 0 Å². The number of nitrogens with zero attached hydrogens (tertiary/aromatic N) is 2. The number of piperidine rings is 1. The van der Waals surface area contributed by atoms with Gasteiger partial charge in [0.15, 0.2) is 0 Å². The fourth-order valence-electron chi connectivity index (χ4n) is 3.41. The summed E-state index contributed by atoms with van der Waals surface area (Å²) < 4.78 is 9.48. The molecule has 0 aliphatic carbocycles. The van der Waals surface area contributed by atoms with E-state index in [2.05, 4.69) is 63.6 Å². The quantitative estimate of drug-likeness (QED) is 0.802. The van der Waals surface area contributed by atoms with Gasteiger partial charge in [0.05, 0.1) is 4.47 Å². The van der Waals surface area contributed by atoms with Gasteiger partial charge in [-0.2, -0.15) is 0 Å². The average molecular weight is 395 g/mol. The third-order valence-corrected chi connectivity index (χ3v) is 5.50. The van der Waals surface area contributed by atoms with Crippen molar-refractivity contribution in [3.05, 3.63) is 28.9 Å². The van der Waals surface area contributed by atoms with Crippen LogP contribution in [-0.2, 0) is 6.54 Å². The molecule has 0 bridgehead atoms. The van der Waals surface area contributed by atoms with Crippen LogP contribution < -0.4 is 4.74 Å². The van der Waals surface area contributed by atoms with E-state index in [9.17, 15) is 0 Å². The Morgan fingerprint density at radius 3 is 2.71 bits per heavy atom. The maximum absolute atomic E-state index is 9.02. The molecule has 1 aromatic heterocycles. The van der Waals surface area contributed by atoms with E-state index in [1.807, 2.05) is 0 Å². The predicted octanol–water partition coefficient (Wildman–Crippen LogP) is 4.04. The topological polar surface area (TPSA) is 37.6 Å². The molecule has 1 fully saturated rings. The Bertz CT molecular complexity index is 675. The molecule has 0 amide bonds. The van der Waals surface area contributed by atoms with Crippen molar-refractivity contribution in [1.29, 1.82) is 0 Å². The molecular weight excluding hydrogens is 368 g/mol. The highest BCUT2D eigenvalue weighted by molar-refractivity contribution is 9.10. The van der Waals surface area contributed by atoms with Crippen LogP contribution in [0.3, 0.4) is 0 Å². The first-order chi connectivity index (χ1) is 11.6. The molecule has 1 N–H and O–H groups in total. The van der Waals surface area contributed by atoms with Gasteiger partial charge in [-0.05, 0) is 67.2 Å². The van der Waals surface area contributed by atoms with Crippen molar-refractivity contribution in [3.63, 3.8) is 0 Å². The summed E-state index contributed by atoms with van der Waals surface area (Å²) in [7, 11) is 0. The summed E-state index contributed by atoms with van der Waals surface area (Å²) in [5.41, 5.74) is 1.18. The summed E-state index contributed by atoms with van der Waals surface area (Å²) in [4.78, 5) is 2.51. The lowest BCUT2D eigenvalue weighted by Crippen LogP contribution is -2.41. The van der Waals surface area contributed by atoms with E-state index in [1.54, 1.807) is 0 Å². The predicted molar refractivity (Wildman–Crippen MR) is 102 cm³/mol. The summed E-state index contributed by atoms with van der Waals surface area (Å²) in [5.74, 6) is 0.936. The fraction of sp³-hybridized carbons (Fsp3) is 0.579. The molecule has 1 aromatic carbocycles. The lowest BCUT2D eigenvalue weighted by atomic mass is 10.1. The summed E-state index contributed by atoms with van der Waals surface area (Å²) >= 11 is 3.67. The van der Waals surface area contributed by atoms with Crippen LogP contribution in [-0.4, -0.2) is 46.4 Å². The van der Waals surface area contributed by atoms with Crippen LogP contribution in [0.25, 0.3) is 10.9 Å². The maximum Gasteiger partial charge on any atom is 0.134 e. The number of aliphatic hydroxyl groups is 1. The van der Waals surface area contributed by atoms with Gasteiger partial charge >= 0.3 is 0 Å². The molecule has 0 saturated carbocycles. The second kappa shape index (κ2) is 7.89. The first kappa shape index (κ1) is 17.8. The van der Waals surface area contributed by atoms with E-state index in [-0.39, 0.29) is 6.61 Å². The summed E-state index contributed by atoms with van der Waals surface area (Å²) in [6, 6.07) is 7.00. The fourth-order valence-corrected chi connectivity index (χ4v) is 3.83. The average Bonchev–Trinajstić information content (AvgIpc) is 2.95. The van der Waals surface area contributed by atoms with Gasteiger partial charge in [-0.25, -0.2) is 0 Å². The Balaban J connectivity index is 1.70. The molecule has 5 heteroatoms. The highest BCUT2D eigenvalue weighted by Gasteiger charge is 2.22. The minimum atomic E-state index is 0.219. The first-order valence-electron chi connectivity index (χ1n) is 8.88. The van der Waals surface area contributed by atoms with Crippen LogP contribution in [0.15, 0.2) is 28.9 Å². The molecule has 2 aromatic rings. The molecule has 0 radical (unpaired) electrons. The van der Waals surface area contributed by atoms with Crippen molar-refractivity contribution in [1.82, 2.24) is 9.47 Å². The molecule has 1 aliphatic rings. The van der Waals surface area contributed by atoms with Crippen molar-refractivity contribution in [3.8, 4) is 5.75 Å². The Labute approximate surface area is 152 Å². The van der Waals surface area contributed by atoms with Crippen LogP contribution in [0.5, 0.6) is 5.75 Å². The molecule has 0 spiro atoms. The van der Waals surface area contributed by atoms with Gasteiger partial charge in [0.25, 0.3) is 0 Å². The number of rotatable bonds is 6. The highest BCUT2D eigenvalue weighted by Crippen LogP contribution is 2.33. The largest absolute Gasteiger partial charge is 0.489 e. The zero-order valence-electron chi connectivity index (χ0n) is 14.5. The summed E-state index contributed by atoms with van der Waals surface area (Å²) in [5, 5.41) is 10.2. The minimum Gasteiger partial charge on any atom is -0.489 e. The lowest BCUT2D eigenvalue weighted by Gasteiger charge is -2.34. The standard InChI is InChI=1S/C19H27BrN2O2/c1-14(2)21-9-5-16(6-10-21)24-19-12-15-4-8-22(7-3-11-23)18(15)13-17(19)20/h4,8,12-14,16,23H,3,5-7,9-11H2,1-2H3. The minimum absolute atomic E-state index is 0.219. The van der Waals surface area contributed by atoms with E-state index >= 15 is 0 Å². The molecule has 24 heavy (non-hydrogen) atoms. The van der Waals surface area contributed by atoms with Crippen LogP contribution in [0, 0.1) is 0 Å². The Morgan fingerprint density at radius 1 is 1.29 bits per heavy atom. The number of hydrogen-bond donors (Lipinski definition) is 1. The monoisotopic (exact) mass is 394 g/mol. The van der Waals surface area contributed by atoms with Gasteiger partial charge in [-0.1, -0.05) is 0 Å². The van der Waals surface area contributed by atoms with Crippen molar-refractivity contribution in [2.24, 2.45) is 0 Å². The van der Waals surface area contributed by atoms with Crippen molar-refractivity contribution in [2.45, 2.75) is 51.8 Å². The van der Waals surface area contributed by atoms with E-state index in [0.717, 1.165) is 49.1 Å². The van der Waals surface area contributed by atoms with Gasteiger partial charge < -0.3 is 19.3 Å². The number of aliphatic hydroxyl groups excluding tert-OH is 1. The van der Waals surface area contributed by atoms with Crippen LogP contribution in [0.2, 0.25) is 0 Å². The number of hydrogen-bond acceptors (Lipinski definition) is 3. The summed E-state index contributed by atoms with van der Waals surface area (Å²) in [6.45, 7) is 7.79. The number of ether oxygens (including phenoxy) is 1. The van der Waals surface area contributed by atoms with Crippen molar-refractivity contribution < 1.29 is 9.84 Å². The van der Waals surface area contributed by atoms with Gasteiger partial charge in [0.2, 0.25) is 0 Å². The van der Waals surface area contributed by atoms with E-state index in [4.69, 9.17) is 9.84 Å². The smallest absolute Gasteiger partial charge is 0.134 e. The second-order valence-electron chi connectivity index (χ2n) is 6.87. The van der Waals surface area contributed by atoms with Crippen molar-refractivity contribution in [2.75, 3.05) is 19.7 Å². The van der Waals surface area contributed by atoms with Crippen LogP contribution in [0.4, 0.5) is 0 Å². The number of fused-ring (bicyclic) bond motifs is 1. The maximum atomic E-state index is 9.02. The Morgan fingerprint density at radius 2 is 2.04 bits per heavy atom. The normalized spacial score (nSPS) is 17.0. The third kappa shape index (κ3) is 3.95.